The number of unbranched alkanes of at least 4 members (excludes halogenated alkanes) is 4. The third kappa shape index (κ3) is 6.12. The Morgan fingerprint density at radius 1 is 0.871 bits per heavy atom. The molecule has 0 aromatic heterocycles. The first-order valence-electron chi connectivity index (χ1n) is 11.9. The molecular formula is C27H35F3O. The lowest BCUT2D eigenvalue weighted by Crippen LogP contribution is -2.25. The lowest BCUT2D eigenvalue weighted by Gasteiger charge is -2.29. The molecule has 4 heteroatoms. The van der Waals surface area contributed by atoms with E-state index in [2.05, 4.69) is 13.8 Å². The molecule has 2 aromatic rings. The van der Waals surface area contributed by atoms with Gasteiger partial charge in [0.15, 0.2) is 11.6 Å². The van der Waals surface area contributed by atoms with Gasteiger partial charge in [0.2, 0.25) is 0 Å². The van der Waals surface area contributed by atoms with Crippen molar-refractivity contribution in [1.82, 2.24) is 0 Å². The molecular weight excluding hydrogens is 397 g/mol. The van der Waals surface area contributed by atoms with Crippen molar-refractivity contribution in [2.45, 2.75) is 90.1 Å². The van der Waals surface area contributed by atoms with Crippen LogP contribution >= 0.6 is 0 Å². The molecule has 1 nitrogen and oxygen atoms in total. The fourth-order valence-corrected chi connectivity index (χ4v) is 4.48. The monoisotopic (exact) mass is 432 g/mol. The molecule has 3 rings (SSSR count). The van der Waals surface area contributed by atoms with Crippen LogP contribution in [0.4, 0.5) is 13.2 Å². The summed E-state index contributed by atoms with van der Waals surface area (Å²) in [6.07, 6.45) is 10.0. The molecule has 0 N–H and O–H groups in total. The van der Waals surface area contributed by atoms with Crippen molar-refractivity contribution in [2.24, 2.45) is 0 Å². The smallest absolute Gasteiger partial charge is 0.166 e. The molecule has 1 aliphatic rings. The fourth-order valence-electron chi connectivity index (χ4n) is 4.48. The van der Waals surface area contributed by atoms with E-state index in [1.54, 1.807) is 24.3 Å². The summed E-state index contributed by atoms with van der Waals surface area (Å²) in [5.41, 5.74) is 1.48. The van der Waals surface area contributed by atoms with Crippen molar-refractivity contribution in [1.29, 1.82) is 0 Å². The molecule has 1 fully saturated rings. The summed E-state index contributed by atoms with van der Waals surface area (Å²) in [7, 11) is 0. The molecule has 2 aromatic carbocycles. The molecule has 2 atom stereocenters. The normalized spacial score (nSPS) is 19.0. The van der Waals surface area contributed by atoms with Crippen molar-refractivity contribution in [3.05, 3.63) is 58.9 Å². The Hall–Kier alpha value is -1.81. The highest BCUT2D eigenvalue weighted by Gasteiger charge is 2.25. The van der Waals surface area contributed by atoms with Gasteiger partial charge in [0.05, 0.1) is 12.7 Å². The van der Waals surface area contributed by atoms with Crippen LogP contribution in [-0.4, -0.2) is 12.7 Å². The van der Waals surface area contributed by atoms with Crippen LogP contribution < -0.4 is 0 Å². The number of benzene rings is 2. The second-order valence-electron chi connectivity index (χ2n) is 8.82. The third-order valence-electron chi connectivity index (χ3n) is 6.46. The zero-order valence-electron chi connectivity index (χ0n) is 18.9. The number of hydrogen-bond donors (Lipinski definition) is 0. The number of hydrogen-bond acceptors (Lipinski definition) is 1. The summed E-state index contributed by atoms with van der Waals surface area (Å²) in [4.78, 5) is 0. The maximum Gasteiger partial charge on any atom is 0.166 e. The van der Waals surface area contributed by atoms with Crippen LogP contribution in [0, 0.1) is 17.5 Å². The summed E-state index contributed by atoms with van der Waals surface area (Å²) >= 11 is 0. The van der Waals surface area contributed by atoms with Gasteiger partial charge < -0.3 is 4.74 Å². The Kier molecular flexibility index (Phi) is 9.01. The minimum absolute atomic E-state index is 0.0130. The van der Waals surface area contributed by atoms with E-state index in [0.717, 1.165) is 57.8 Å². The van der Waals surface area contributed by atoms with Gasteiger partial charge in [-0.25, -0.2) is 13.2 Å². The lowest BCUT2D eigenvalue weighted by atomic mass is 9.88. The lowest BCUT2D eigenvalue weighted by molar-refractivity contribution is -0.00249. The minimum atomic E-state index is -0.889. The molecule has 1 heterocycles. The zero-order valence-corrected chi connectivity index (χ0v) is 18.9. The quantitative estimate of drug-likeness (QED) is 0.343. The molecule has 0 amide bonds. The number of halogens is 3. The predicted molar refractivity (Wildman–Crippen MR) is 121 cm³/mol. The van der Waals surface area contributed by atoms with E-state index < -0.39 is 11.6 Å². The molecule has 1 saturated heterocycles. The van der Waals surface area contributed by atoms with Crippen LogP contribution in [0.3, 0.4) is 0 Å². The highest BCUT2D eigenvalue weighted by Crippen LogP contribution is 2.34. The van der Waals surface area contributed by atoms with E-state index in [0.29, 0.717) is 29.7 Å². The van der Waals surface area contributed by atoms with Gasteiger partial charge in [-0.05, 0) is 54.9 Å². The van der Waals surface area contributed by atoms with Crippen LogP contribution in [0.5, 0.6) is 0 Å². The highest BCUT2D eigenvalue weighted by atomic mass is 19.2. The first-order valence-corrected chi connectivity index (χ1v) is 11.9. The first-order chi connectivity index (χ1) is 15.0. The maximum absolute atomic E-state index is 14.9. The van der Waals surface area contributed by atoms with Crippen molar-refractivity contribution in [3.8, 4) is 11.1 Å². The van der Waals surface area contributed by atoms with Gasteiger partial charge in [0, 0.05) is 11.5 Å². The van der Waals surface area contributed by atoms with Crippen LogP contribution in [-0.2, 0) is 11.2 Å². The second kappa shape index (κ2) is 11.7. The fraction of sp³-hybridized carbons (Fsp3) is 0.556. The van der Waals surface area contributed by atoms with Gasteiger partial charge >= 0.3 is 0 Å². The summed E-state index contributed by atoms with van der Waals surface area (Å²) < 4.78 is 50.1. The van der Waals surface area contributed by atoms with E-state index in [-0.39, 0.29) is 23.4 Å². The summed E-state index contributed by atoms with van der Waals surface area (Å²) in [6.45, 7) is 4.80. The Bertz CT molecular complexity index is 841. The first kappa shape index (κ1) is 23.8. The summed E-state index contributed by atoms with van der Waals surface area (Å²) in [6, 6.07) is 7.94. The third-order valence-corrected chi connectivity index (χ3v) is 6.46. The number of aryl methyl sites for hydroxylation is 1. The Balaban J connectivity index is 1.69. The maximum atomic E-state index is 14.9. The van der Waals surface area contributed by atoms with Crippen LogP contribution in [0.1, 0.15) is 88.7 Å². The van der Waals surface area contributed by atoms with Crippen LogP contribution in [0.25, 0.3) is 11.1 Å². The Labute approximate surface area is 185 Å². The van der Waals surface area contributed by atoms with Gasteiger partial charge in [0.1, 0.15) is 5.82 Å². The zero-order chi connectivity index (χ0) is 22.2. The molecule has 0 bridgehead atoms. The van der Waals surface area contributed by atoms with E-state index in [9.17, 15) is 13.2 Å². The van der Waals surface area contributed by atoms with Crippen molar-refractivity contribution in [2.75, 3.05) is 6.61 Å². The highest BCUT2D eigenvalue weighted by molar-refractivity contribution is 5.65. The van der Waals surface area contributed by atoms with Gasteiger partial charge in [-0.3, -0.25) is 0 Å². The van der Waals surface area contributed by atoms with E-state index in [1.807, 2.05) is 0 Å². The molecule has 2 unspecified atom stereocenters. The number of rotatable bonds is 10. The standard InChI is InChI=1S/C27H35F3O/c1-3-5-7-8-9-19-12-16-24(27(30)26(19)29)20-13-15-23(25(28)17-20)21-11-14-22(31-18-21)10-6-4-2/h12-13,15-17,21-22H,3-11,14,18H2,1-2H3. The Morgan fingerprint density at radius 3 is 2.35 bits per heavy atom. The molecule has 0 radical (unpaired) electrons. The molecule has 31 heavy (non-hydrogen) atoms. The minimum Gasteiger partial charge on any atom is -0.378 e. The Morgan fingerprint density at radius 2 is 1.68 bits per heavy atom. The second-order valence-corrected chi connectivity index (χ2v) is 8.82. The molecule has 170 valence electrons. The van der Waals surface area contributed by atoms with E-state index in [1.165, 1.54) is 6.07 Å². The van der Waals surface area contributed by atoms with E-state index >= 15 is 0 Å². The predicted octanol–water partition coefficient (Wildman–Crippen LogP) is 8.35. The number of ether oxygens (including phenoxy) is 1. The van der Waals surface area contributed by atoms with Crippen molar-refractivity contribution < 1.29 is 17.9 Å². The van der Waals surface area contributed by atoms with Crippen molar-refractivity contribution in [3.63, 3.8) is 0 Å². The van der Waals surface area contributed by atoms with E-state index in [4.69, 9.17) is 4.74 Å². The average Bonchev–Trinajstić information content (AvgIpc) is 2.78. The van der Waals surface area contributed by atoms with Crippen LogP contribution in [0.15, 0.2) is 30.3 Å². The van der Waals surface area contributed by atoms with Crippen molar-refractivity contribution >= 4 is 0 Å². The molecule has 0 saturated carbocycles. The molecule has 1 aliphatic heterocycles. The van der Waals surface area contributed by atoms with Crippen LogP contribution in [0.2, 0.25) is 0 Å². The van der Waals surface area contributed by atoms with Gasteiger partial charge in [-0.2, -0.15) is 0 Å². The average molecular weight is 433 g/mol. The van der Waals surface area contributed by atoms with Gasteiger partial charge in [-0.1, -0.05) is 70.2 Å². The summed E-state index contributed by atoms with van der Waals surface area (Å²) in [5, 5.41) is 0. The molecule has 0 spiro atoms. The van der Waals surface area contributed by atoms with Gasteiger partial charge in [-0.15, -0.1) is 0 Å². The topological polar surface area (TPSA) is 9.23 Å². The largest absolute Gasteiger partial charge is 0.378 e. The summed E-state index contributed by atoms with van der Waals surface area (Å²) in [5.74, 6) is -2.06. The van der Waals surface area contributed by atoms with Gasteiger partial charge in [0.25, 0.3) is 0 Å². The molecule has 0 aliphatic carbocycles. The SMILES string of the molecule is CCCCCCc1ccc(-c2ccc(C3CCC(CCCC)OC3)c(F)c2)c(F)c1F.